The molecule has 1 amide bonds. The van der Waals surface area contributed by atoms with Gasteiger partial charge in [-0.25, -0.2) is 10.2 Å². The Bertz CT molecular complexity index is 1400. The highest BCUT2D eigenvalue weighted by molar-refractivity contribution is 7.21. The van der Waals surface area contributed by atoms with Crippen LogP contribution in [0.25, 0.3) is 10.1 Å². The number of amides is 1. The summed E-state index contributed by atoms with van der Waals surface area (Å²) in [5.74, 6) is -0.385. The van der Waals surface area contributed by atoms with Gasteiger partial charge in [0.25, 0.3) is 5.91 Å². The zero-order valence-electron chi connectivity index (χ0n) is 17.3. The number of nitrogens with one attached hydrogen (secondary N) is 1. The van der Waals surface area contributed by atoms with E-state index in [1.165, 1.54) is 23.6 Å². The Balaban J connectivity index is 1.34. The normalized spacial score (nSPS) is 11.0. The number of hydrazone groups is 1. The van der Waals surface area contributed by atoms with Crippen molar-refractivity contribution in [1.29, 1.82) is 0 Å². The maximum absolute atomic E-state index is 12.6. The Labute approximate surface area is 213 Å². The zero-order valence-corrected chi connectivity index (χ0v) is 20.3. The number of rotatable bonds is 7. The molecule has 6 nitrogen and oxygen atoms in total. The van der Waals surface area contributed by atoms with Crippen LogP contribution in [0.4, 0.5) is 0 Å². The third-order valence-corrected chi connectivity index (χ3v) is 6.63. The Hall–Kier alpha value is -3.10. The molecule has 0 fully saturated rings. The molecule has 0 spiro atoms. The van der Waals surface area contributed by atoms with Gasteiger partial charge in [0.2, 0.25) is 0 Å². The molecule has 3 aromatic carbocycles. The van der Waals surface area contributed by atoms with Crippen molar-refractivity contribution in [2.24, 2.45) is 5.10 Å². The number of benzene rings is 3. The van der Waals surface area contributed by atoms with Crippen LogP contribution in [-0.2, 0) is 4.79 Å². The lowest BCUT2D eigenvalue weighted by atomic mass is 10.2. The molecule has 0 atom stereocenters. The topological polar surface area (TPSA) is 77.0 Å². The fraction of sp³-hybridized carbons (Fsp3) is 0.0417. The smallest absolute Gasteiger partial charge is 0.355 e. The van der Waals surface area contributed by atoms with Crippen LogP contribution in [-0.4, -0.2) is 24.7 Å². The highest BCUT2D eigenvalue weighted by atomic mass is 35.5. The molecule has 0 unspecified atom stereocenters. The van der Waals surface area contributed by atoms with E-state index in [-0.39, 0.29) is 6.61 Å². The molecule has 4 rings (SSSR count). The molecule has 34 heavy (non-hydrogen) atoms. The monoisotopic (exact) mass is 532 g/mol. The van der Waals surface area contributed by atoms with E-state index >= 15 is 0 Å². The van der Waals surface area contributed by atoms with E-state index in [0.29, 0.717) is 37.0 Å². The third-order valence-electron chi connectivity index (χ3n) is 4.44. The fourth-order valence-electron chi connectivity index (χ4n) is 2.90. The van der Waals surface area contributed by atoms with Crippen LogP contribution in [0, 0.1) is 0 Å². The molecular formula is C24H15Cl3N2O4S. The number of carbonyl (C=O) groups excluding carboxylic acids is 2. The number of fused-ring (bicyclic) bond motifs is 1. The predicted octanol–water partition coefficient (Wildman–Crippen LogP) is 6.61. The van der Waals surface area contributed by atoms with Gasteiger partial charge in [0.1, 0.15) is 16.4 Å². The van der Waals surface area contributed by atoms with Crippen molar-refractivity contribution in [3.8, 4) is 11.5 Å². The lowest BCUT2D eigenvalue weighted by Gasteiger charge is -2.07. The van der Waals surface area contributed by atoms with Gasteiger partial charge in [-0.1, -0.05) is 65.1 Å². The molecule has 0 aliphatic rings. The van der Waals surface area contributed by atoms with Gasteiger partial charge in [-0.15, -0.1) is 11.3 Å². The molecule has 1 heterocycles. The molecule has 0 saturated carbocycles. The summed E-state index contributed by atoms with van der Waals surface area (Å²) in [5, 5.41) is 5.83. The van der Waals surface area contributed by atoms with E-state index < -0.39 is 11.9 Å². The molecule has 10 heteroatoms. The Kier molecular flexibility index (Phi) is 7.70. The van der Waals surface area contributed by atoms with Gasteiger partial charge in [-0.05, 0) is 42.0 Å². The van der Waals surface area contributed by atoms with Gasteiger partial charge in [0, 0.05) is 15.1 Å². The predicted molar refractivity (Wildman–Crippen MR) is 136 cm³/mol. The zero-order chi connectivity index (χ0) is 24.1. The van der Waals surface area contributed by atoms with Crippen LogP contribution in [0.5, 0.6) is 11.5 Å². The first-order chi connectivity index (χ1) is 16.4. The minimum absolute atomic E-state index is 0.285. The molecule has 0 radical (unpaired) electrons. The number of hydrogen-bond acceptors (Lipinski definition) is 6. The summed E-state index contributed by atoms with van der Waals surface area (Å²) in [6.45, 7) is -0.285. The van der Waals surface area contributed by atoms with Gasteiger partial charge in [-0.2, -0.15) is 5.10 Å². The van der Waals surface area contributed by atoms with Crippen LogP contribution in [0.3, 0.4) is 0 Å². The third kappa shape index (κ3) is 5.87. The first kappa shape index (κ1) is 24.0. The van der Waals surface area contributed by atoms with E-state index in [1.807, 2.05) is 24.3 Å². The summed E-state index contributed by atoms with van der Waals surface area (Å²) in [6, 6.07) is 18.9. The minimum atomic E-state index is -0.549. The lowest BCUT2D eigenvalue weighted by molar-refractivity contribution is -0.123. The van der Waals surface area contributed by atoms with Crippen molar-refractivity contribution in [3.63, 3.8) is 0 Å². The Morgan fingerprint density at radius 3 is 2.62 bits per heavy atom. The van der Waals surface area contributed by atoms with Crippen molar-refractivity contribution in [2.45, 2.75) is 0 Å². The van der Waals surface area contributed by atoms with Crippen molar-refractivity contribution in [2.75, 3.05) is 6.61 Å². The summed E-state index contributed by atoms with van der Waals surface area (Å²) in [7, 11) is 0. The van der Waals surface area contributed by atoms with Gasteiger partial charge in [0.05, 0.1) is 16.3 Å². The minimum Gasteiger partial charge on any atom is -0.482 e. The number of thiophene rings is 1. The van der Waals surface area contributed by atoms with Crippen molar-refractivity contribution < 1.29 is 19.1 Å². The van der Waals surface area contributed by atoms with Crippen molar-refractivity contribution in [3.05, 3.63) is 92.2 Å². The first-order valence-corrected chi connectivity index (χ1v) is 11.7. The molecule has 0 aliphatic heterocycles. The lowest BCUT2D eigenvalue weighted by Crippen LogP contribution is -2.24. The number of halogens is 3. The number of ether oxygens (including phenoxy) is 2. The van der Waals surface area contributed by atoms with E-state index in [1.54, 1.807) is 36.4 Å². The largest absolute Gasteiger partial charge is 0.482 e. The van der Waals surface area contributed by atoms with Gasteiger partial charge < -0.3 is 9.47 Å². The van der Waals surface area contributed by atoms with Crippen LogP contribution in [0.2, 0.25) is 15.1 Å². The quantitative estimate of drug-likeness (QED) is 0.125. The average Bonchev–Trinajstić information content (AvgIpc) is 3.15. The second-order valence-corrected chi connectivity index (χ2v) is 9.13. The van der Waals surface area contributed by atoms with E-state index in [4.69, 9.17) is 44.3 Å². The molecule has 4 aromatic rings. The Morgan fingerprint density at radius 2 is 1.82 bits per heavy atom. The van der Waals surface area contributed by atoms with E-state index in [0.717, 1.165) is 10.1 Å². The number of nitrogens with zero attached hydrogens (tertiary/aromatic N) is 1. The van der Waals surface area contributed by atoms with Crippen LogP contribution < -0.4 is 14.9 Å². The summed E-state index contributed by atoms with van der Waals surface area (Å²) >= 11 is 19.5. The van der Waals surface area contributed by atoms with Crippen molar-refractivity contribution in [1.82, 2.24) is 5.43 Å². The van der Waals surface area contributed by atoms with Crippen LogP contribution in [0.15, 0.2) is 71.8 Å². The summed E-state index contributed by atoms with van der Waals surface area (Å²) < 4.78 is 11.7. The second-order valence-electron chi connectivity index (χ2n) is 6.86. The molecule has 0 saturated heterocycles. The standard InChI is InChI=1S/C24H15Cl3N2O4S/c25-15-8-9-19(18(26)11-15)32-13-21(30)29-28-12-14-4-3-5-16(10-14)33-24(31)23-22(27)17-6-1-2-7-20(17)34-23/h1-12H,13H2,(H,29,30). The molecule has 1 aromatic heterocycles. The van der Waals surface area contributed by atoms with Crippen LogP contribution >= 0.6 is 46.1 Å². The number of carbonyl (C=O) groups is 2. The maximum Gasteiger partial charge on any atom is 0.355 e. The molecule has 1 N–H and O–H groups in total. The second kappa shape index (κ2) is 10.9. The highest BCUT2D eigenvalue weighted by Crippen LogP contribution is 2.35. The van der Waals surface area contributed by atoms with Gasteiger partial charge in [0.15, 0.2) is 6.61 Å². The van der Waals surface area contributed by atoms with Gasteiger partial charge >= 0.3 is 5.97 Å². The molecule has 0 aliphatic carbocycles. The van der Waals surface area contributed by atoms with Crippen molar-refractivity contribution >= 4 is 74.3 Å². The maximum atomic E-state index is 12.6. The SMILES string of the molecule is O=C(COc1ccc(Cl)cc1Cl)NN=Cc1cccc(OC(=O)c2sc3ccccc3c2Cl)c1. The summed E-state index contributed by atoms with van der Waals surface area (Å²) in [5.41, 5.74) is 2.96. The highest BCUT2D eigenvalue weighted by Gasteiger charge is 2.19. The molecular weight excluding hydrogens is 519 g/mol. The van der Waals surface area contributed by atoms with E-state index in [9.17, 15) is 9.59 Å². The first-order valence-electron chi connectivity index (χ1n) is 9.80. The Morgan fingerprint density at radius 1 is 1.00 bits per heavy atom. The van der Waals surface area contributed by atoms with E-state index in [2.05, 4.69) is 10.5 Å². The fourth-order valence-corrected chi connectivity index (χ4v) is 4.75. The molecule has 172 valence electrons. The van der Waals surface area contributed by atoms with Crippen LogP contribution in [0.1, 0.15) is 15.2 Å². The summed E-state index contributed by atoms with van der Waals surface area (Å²) in [4.78, 5) is 24.9. The number of hydrogen-bond donors (Lipinski definition) is 1. The average molecular weight is 534 g/mol. The van der Waals surface area contributed by atoms with Gasteiger partial charge in [-0.3, -0.25) is 4.79 Å². The summed E-state index contributed by atoms with van der Waals surface area (Å²) in [6.07, 6.45) is 1.41. The molecule has 0 bridgehead atoms. The number of esters is 1.